The average Bonchev–Trinajstić information content (AvgIpc) is 2.54. The Labute approximate surface area is 127 Å². The number of nitrogens with one attached hydrogen (secondary N) is 1. The quantitative estimate of drug-likeness (QED) is 0.661. The molecule has 0 heterocycles. The van der Waals surface area contributed by atoms with E-state index in [1.165, 1.54) is 7.11 Å². The van der Waals surface area contributed by atoms with E-state index in [1.807, 2.05) is 30.3 Å². The minimum absolute atomic E-state index is 0.112. The molecular formula is C15H14ClN3O2. The van der Waals surface area contributed by atoms with Crippen molar-refractivity contribution in [3.8, 4) is 5.75 Å². The van der Waals surface area contributed by atoms with Crippen LogP contribution in [0, 0.1) is 0 Å². The van der Waals surface area contributed by atoms with E-state index in [1.54, 1.807) is 18.2 Å². The number of benzene rings is 2. The summed E-state index contributed by atoms with van der Waals surface area (Å²) in [6, 6.07) is 14.5. The van der Waals surface area contributed by atoms with Crippen molar-refractivity contribution in [3.63, 3.8) is 0 Å². The van der Waals surface area contributed by atoms with Crippen LogP contribution < -0.4 is 10.1 Å². The first-order valence-corrected chi connectivity index (χ1v) is 6.77. The van der Waals surface area contributed by atoms with Crippen molar-refractivity contribution >= 4 is 34.6 Å². The van der Waals surface area contributed by atoms with E-state index in [9.17, 15) is 4.79 Å². The molecule has 0 saturated carbocycles. The highest BCUT2D eigenvalue weighted by atomic mass is 35.5. The second-order valence-electron chi connectivity index (χ2n) is 4.10. The van der Waals surface area contributed by atoms with Crippen LogP contribution in [-0.2, 0) is 4.79 Å². The van der Waals surface area contributed by atoms with Gasteiger partial charge in [-0.05, 0) is 24.3 Å². The van der Waals surface area contributed by atoms with Gasteiger partial charge in [0.25, 0.3) is 0 Å². The second kappa shape index (κ2) is 7.40. The van der Waals surface area contributed by atoms with Crippen molar-refractivity contribution in [2.75, 3.05) is 18.3 Å². The summed E-state index contributed by atoms with van der Waals surface area (Å²) in [6.45, 7) is 0. The SMILES string of the molecule is COc1cc(N=Nc2ccccc2)ccc1NC(=O)CCl. The number of hydrogen-bond acceptors (Lipinski definition) is 4. The lowest BCUT2D eigenvalue weighted by Crippen LogP contribution is -2.13. The number of alkyl halides is 1. The van der Waals surface area contributed by atoms with Gasteiger partial charge in [0.05, 0.1) is 24.2 Å². The molecule has 0 aromatic heterocycles. The molecule has 1 amide bonds. The van der Waals surface area contributed by atoms with Crippen molar-refractivity contribution < 1.29 is 9.53 Å². The number of carbonyl (C=O) groups is 1. The molecule has 0 aliphatic carbocycles. The number of rotatable bonds is 5. The van der Waals surface area contributed by atoms with Gasteiger partial charge < -0.3 is 10.1 Å². The molecule has 2 aromatic carbocycles. The normalized spacial score (nSPS) is 10.6. The highest BCUT2D eigenvalue weighted by Crippen LogP contribution is 2.30. The summed E-state index contributed by atoms with van der Waals surface area (Å²) in [6.07, 6.45) is 0. The molecule has 6 heteroatoms. The molecule has 5 nitrogen and oxygen atoms in total. The van der Waals surface area contributed by atoms with Crippen LogP contribution >= 0.6 is 11.6 Å². The Kier molecular flexibility index (Phi) is 5.29. The van der Waals surface area contributed by atoms with Gasteiger partial charge in [-0.2, -0.15) is 10.2 Å². The van der Waals surface area contributed by atoms with Crippen LogP contribution in [0.25, 0.3) is 0 Å². The number of carbonyl (C=O) groups excluding carboxylic acids is 1. The second-order valence-corrected chi connectivity index (χ2v) is 4.37. The molecular weight excluding hydrogens is 290 g/mol. The number of hydrogen-bond donors (Lipinski definition) is 1. The first-order chi connectivity index (χ1) is 10.2. The fourth-order valence-electron chi connectivity index (χ4n) is 1.64. The first-order valence-electron chi connectivity index (χ1n) is 6.23. The van der Waals surface area contributed by atoms with Crippen molar-refractivity contribution in [3.05, 3.63) is 48.5 Å². The molecule has 0 aliphatic heterocycles. The predicted octanol–water partition coefficient (Wildman–Crippen LogP) is 4.29. The Hall–Kier alpha value is -2.40. The number of amides is 1. The Balaban J connectivity index is 2.19. The molecule has 0 bridgehead atoms. The Morgan fingerprint density at radius 2 is 1.86 bits per heavy atom. The van der Waals surface area contributed by atoms with Crippen molar-refractivity contribution in [2.45, 2.75) is 0 Å². The molecule has 21 heavy (non-hydrogen) atoms. The molecule has 0 spiro atoms. The van der Waals surface area contributed by atoms with Gasteiger partial charge in [-0.25, -0.2) is 0 Å². The van der Waals surface area contributed by atoms with Gasteiger partial charge in [0.1, 0.15) is 11.6 Å². The highest BCUT2D eigenvalue weighted by Gasteiger charge is 2.07. The van der Waals surface area contributed by atoms with Crippen molar-refractivity contribution in [2.24, 2.45) is 10.2 Å². The number of halogens is 1. The van der Waals surface area contributed by atoms with Gasteiger partial charge in [0, 0.05) is 6.07 Å². The van der Waals surface area contributed by atoms with Gasteiger partial charge in [0.15, 0.2) is 0 Å². The molecule has 0 atom stereocenters. The lowest BCUT2D eigenvalue weighted by atomic mass is 10.2. The minimum atomic E-state index is -0.298. The van der Waals surface area contributed by atoms with Crippen LogP contribution in [0.2, 0.25) is 0 Å². The van der Waals surface area contributed by atoms with E-state index in [-0.39, 0.29) is 11.8 Å². The highest BCUT2D eigenvalue weighted by molar-refractivity contribution is 6.29. The fraction of sp³-hybridized carbons (Fsp3) is 0.133. The van der Waals surface area contributed by atoms with E-state index in [0.29, 0.717) is 17.1 Å². The Bertz CT molecular complexity index is 645. The summed E-state index contributed by atoms with van der Waals surface area (Å²) >= 11 is 5.46. The van der Waals surface area contributed by atoms with Gasteiger partial charge in [-0.15, -0.1) is 11.6 Å². The molecule has 0 saturated heterocycles. The molecule has 108 valence electrons. The maximum Gasteiger partial charge on any atom is 0.239 e. The van der Waals surface area contributed by atoms with E-state index >= 15 is 0 Å². The lowest BCUT2D eigenvalue weighted by molar-refractivity contribution is -0.113. The number of nitrogens with zero attached hydrogens (tertiary/aromatic N) is 2. The van der Waals surface area contributed by atoms with Crippen LogP contribution in [0.3, 0.4) is 0 Å². The summed E-state index contributed by atoms with van der Waals surface area (Å²) in [5, 5.41) is 10.9. The Morgan fingerprint density at radius 1 is 1.14 bits per heavy atom. The zero-order valence-electron chi connectivity index (χ0n) is 11.4. The zero-order valence-corrected chi connectivity index (χ0v) is 12.2. The molecule has 0 unspecified atom stereocenters. The van der Waals surface area contributed by atoms with Gasteiger partial charge >= 0.3 is 0 Å². The maximum absolute atomic E-state index is 11.3. The summed E-state index contributed by atoms with van der Waals surface area (Å²) in [5.41, 5.74) is 1.93. The summed E-state index contributed by atoms with van der Waals surface area (Å²) in [4.78, 5) is 11.3. The smallest absolute Gasteiger partial charge is 0.239 e. The van der Waals surface area contributed by atoms with E-state index in [4.69, 9.17) is 16.3 Å². The van der Waals surface area contributed by atoms with E-state index < -0.39 is 0 Å². The van der Waals surface area contributed by atoms with Crippen LogP contribution in [0.4, 0.5) is 17.1 Å². The fourth-order valence-corrected chi connectivity index (χ4v) is 1.71. The lowest BCUT2D eigenvalue weighted by Gasteiger charge is -2.09. The molecule has 0 fully saturated rings. The van der Waals surface area contributed by atoms with Gasteiger partial charge in [-0.1, -0.05) is 18.2 Å². The topological polar surface area (TPSA) is 63.1 Å². The average molecular weight is 304 g/mol. The minimum Gasteiger partial charge on any atom is -0.494 e. The summed E-state index contributed by atoms with van der Waals surface area (Å²) in [5.74, 6) is 0.0881. The largest absolute Gasteiger partial charge is 0.494 e. The first kappa shape index (κ1) is 15.0. The third kappa shape index (κ3) is 4.29. The van der Waals surface area contributed by atoms with Crippen molar-refractivity contribution in [1.29, 1.82) is 0 Å². The summed E-state index contributed by atoms with van der Waals surface area (Å²) < 4.78 is 5.22. The predicted molar refractivity (Wildman–Crippen MR) is 83.0 cm³/mol. The van der Waals surface area contributed by atoms with Crippen LogP contribution in [0.1, 0.15) is 0 Å². The standard InChI is InChI=1S/C15H14ClN3O2/c1-21-14-9-12(7-8-13(14)17-15(20)10-16)19-18-11-5-3-2-4-6-11/h2-9H,10H2,1H3,(H,17,20). The Morgan fingerprint density at radius 3 is 2.52 bits per heavy atom. The van der Waals surface area contributed by atoms with E-state index in [0.717, 1.165) is 5.69 Å². The zero-order chi connectivity index (χ0) is 15.1. The number of ether oxygens (including phenoxy) is 1. The third-order valence-corrected chi connectivity index (χ3v) is 2.86. The molecule has 2 aromatic rings. The molecule has 1 N–H and O–H groups in total. The third-order valence-electron chi connectivity index (χ3n) is 2.62. The summed E-state index contributed by atoms with van der Waals surface area (Å²) in [7, 11) is 1.52. The number of methoxy groups -OCH3 is 1. The molecule has 2 rings (SSSR count). The van der Waals surface area contributed by atoms with Crippen LogP contribution in [0.15, 0.2) is 58.8 Å². The van der Waals surface area contributed by atoms with Gasteiger partial charge in [0.2, 0.25) is 5.91 Å². The number of azo groups is 1. The van der Waals surface area contributed by atoms with Crippen LogP contribution in [0.5, 0.6) is 5.75 Å². The molecule has 0 aliphatic rings. The van der Waals surface area contributed by atoms with E-state index in [2.05, 4.69) is 15.5 Å². The monoisotopic (exact) mass is 303 g/mol. The van der Waals surface area contributed by atoms with Crippen LogP contribution in [-0.4, -0.2) is 18.9 Å². The maximum atomic E-state index is 11.3. The van der Waals surface area contributed by atoms with Gasteiger partial charge in [-0.3, -0.25) is 4.79 Å². The number of anilines is 1. The molecule has 0 radical (unpaired) electrons. The van der Waals surface area contributed by atoms with Crippen molar-refractivity contribution in [1.82, 2.24) is 0 Å².